The number of hydrogen-bond acceptors (Lipinski definition) is 6. The molecular weight excluding hydrogens is 474 g/mol. The molecule has 5 rings (SSSR count). The van der Waals surface area contributed by atoms with E-state index in [4.69, 9.17) is 19.3 Å². The van der Waals surface area contributed by atoms with Gasteiger partial charge in [-0.15, -0.1) is 11.8 Å². The Hall–Kier alpha value is -3.75. The topological polar surface area (TPSA) is 74.6 Å². The minimum atomic E-state index is -0.193. The van der Waals surface area contributed by atoms with Gasteiger partial charge in [-0.3, -0.25) is 4.79 Å². The molecule has 0 bridgehead atoms. The van der Waals surface area contributed by atoms with E-state index >= 15 is 0 Å². The van der Waals surface area contributed by atoms with Gasteiger partial charge in [-0.05, 0) is 29.8 Å². The summed E-state index contributed by atoms with van der Waals surface area (Å²) in [7, 11) is 4.89. The maximum Gasteiger partial charge on any atom is 0.235 e. The summed E-state index contributed by atoms with van der Waals surface area (Å²) in [5.74, 6) is 2.15. The van der Waals surface area contributed by atoms with Crippen LogP contribution in [0.25, 0.3) is 16.9 Å². The fourth-order valence-electron chi connectivity index (χ4n) is 4.52. The van der Waals surface area contributed by atoms with E-state index in [1.165, 1.54) is 0 Å². The Kier molecular flexibility index (Phi) is 6.97. The van der Waals surface area contributed by atoms with Gasteiger partial charge < -0.3 is 19.5 Å². The quantitative estimate of drug-likeness (QED) is 0.362. The molecule has 1 aliphatic rings. The van der Waals surface area contributed by atoms with Gasteiger partial charge in [0.1, 0.15) is 5.82 Å². The summed E-state index contributed by atoms with van der Waals surface area (Å²) in [5.41, 5.74) is 5.45. The van der Waals surface area contributed by atoms with Gasteiger partial charge >= 0.3 is 0 Å². The number of anilines is 1. The molecule has 3 aromatic carbocycles. The number of benzene rings is 3. The molecule has 0 saturated carbocycles. The SMILES string of the molecule is COCc1cc(C2SCC(=O)Nc3c2c(-c2ccccc2)nn3-c2ccccc2)cc(OC)c1OC. The maximum atomic E-state index is 12.9. The summed E-state index contributed by atoms with van der Waals surface area (Å²) in [6.07, 6.45) is 0. The van der Waals surface area contributed by atoms with Crippen LogP contribution in [0.5, 0.6) is 11.5 Å². The predicted molar refractivity (Wildman–Crippen MR) is 142 cm³/mol. The molecule has 1 aliphatic heterocycles. The lowest BCUT2D eigenvalue weighted by atomic mass is 9.98. The van der Waals surface area contributed by atoms with E-state index in [2.05, 4.69) is 11.4 Å². The Balaban J connectivity index is 1.78. The van der Waals surface area contributed by atoms with Crippen LogP contribution in [0, 0.1) is 0 Å². The Morgan fingerprint density at radius 2 is 1.72 bits per heavy atom. The van der Waals surface area contributed by atoms with Crippen molar-refractivity contribution in [2.75, 3.05) is 32.4 Å². The van der Waals surface area contributed by atoms with Crippen LogP contribution >= 0.6 is 11.8 Å². The first kappa shape index (κ1) is 24.0. The lowest BCUT2D eigenvalue weighted by Gasteiger charge is -2.20. The smallest absolute Gasteiger partial charge is 0.235 e. The van der Waals surface area contributed by atoms with E-state index in [1.54, 1.807) is 33.1 Å². The molecule has 0 fully saturated rings. The van der Waals surface area contributed by atoms with Crippen molar-refractivity contribution in [3.63, 3.8) is 0 Å². The first-order valence-electron chi connectivity index (χ1n) is 11.5. The largest absolute Gasteiger partial charge is 0.493 e. The number of carbonyl (C=O) groups excluding carboxylic acids is 1. The molecule has 0 aliphatic carbocycles. The van der Waals surface area contributed by atoms with Crippen molar-refractivity contribution in [2.24, 2.45) is 0 Å². The van der Waals surface area contributed by atoms with Crippen LogP contribution in [-0.2, 0) is 16.1 Å². The average Bonchev–Trinajstić information content (AvgIpc) is 3.19. The van der Waals surface area contributed by atoms with E-state index in [9.17, 15) is 4.79 Å². The van der Waals surface area contributed by atoms with E-state index in [1.807, 2.05) is 71.4 Å². The molecule has 1 atom stereocenters. The van der Waals surface area contributed by atoms with Crippen molar-refractivity contribution in [3.05, 3.63) is 89.5 Å². The third-order valence-electron chi connectivity index (χ3n) is 6.05. The molecule has 8 heteroatoms. The van der Waals surface area contributed by atoms with Crippen molar-refractivity contribution in [3.8, 4) is 28.4 Å². The lowest BCUT2D eigenvalue weighted by Crippen LogP contribution is -2.15. The van der Waals surface area contributed by atoms with Gasteiger partial charge in [-0.25, -0.2) is 4.68 Å². The number of amides is 1. The zero-order valence-corrected chi connectivity index (χ0v) is 21.2. The molecule has 0 radical (unpaired) electrons. The number of methoxy groups -OCH3 is 3. The predicted octanol–water partition coefficient (Wildman–Crippen LogP) is 5.48. The summed E-state index contributed by atoms with van der Waals surface area (Å²) in [6.45, 7) is 0.365. The highest BCUT2D eigenvalue weighted by molar-refractivity contribution is 8.00. The van der Waals surface area contributed by atoms with Gasteiger partial charge in [-0.1, -0.05) is 48.5 Å². The number of ether oxygens (including phenoxy) is 3. The number of nitrogens with zero attached hydrogens (tertiary/aromatic N) is 2. The van der Waals surface area contributed by atoms with E-state index in [0.29, 0.717) is 29.7 Å². The summed E-state index contributed by atoms with van der Waals surface area (Å²) in [4.78, 5) is 12.9. The standard InChI is InChI=1S/C28H27N3O4S/c1-33-16-20-14-19(15-22(34-2)26(20)35-3)27-24-25(18-10-6-4-7-11-18)30-31(21-12-8-5-9-13-21)28(24)29-23(32)17-36-27/h4-15,27H,16-17H2,1-3H3,(H,29,32). The highest BCUT2D eigenvalue weighted by atomic mass is 32.2. The first-order chi connectivity index (χ1) is 17.6. The highest BCUT2D eigenvalue weighted by Gasteiger charge is 2.33. The van der Waals surface area contributed by atoms with Crippen LogP contribution in [0.3, 0.4) is 0 Å². The summed E-state index contributed by atoms with van der Waals surface area (Å²) < 4.78 is 18.6. The van der Waals surface area contributed by atoms with Crippen LogP contribution in [0.4, 0.5) is 5.82 Å². The van der Waals surface area contributed by atoms with Gasteiger partial charge in [0, 0.05) is 23.8 Å². The van der Waals surface area contributed by atoms with Gasteiger partial charge in [-0.2, -0.15) is 5.10 Å². The molecule has 1 amide bonds. The monoisotopic (exact) mass is 501 g/mol. The number of aromatic nitrogens is 2. The van der Waals surface area contributed by atoms with Crippen molar-refractivity contribution >= 4 is 23.5 Å². The Labute approximate surface area is 214 Å². The van der Waals surface area contributed by atoms with Crippen molar-refractivity contribution in [1.82, 2.24) is 9.78 Å². The number of carbonyl (C=O) groups is 1. The molecule has 1 N–H and O–H groups in total. The number of hydrogen-bond donors (Lipinski definition) is 1. The minimum absolute atomic E-state index is 0.0713. The number of rotatable bonds is 7. The second-order valence-electron chi connectivity index (χ2n) is 8.31. The minimum Gasteiger partial charge on any atom is -0.493 e. The Bertz CT molecular complexity index is 1370. The third kappa shape index (κ3) is 4.45. The molecule has 0 saturated heterocycles. The fraction of sp³-hybridized carbons (Fsp3) is 0.214. The average molecular weight is 502 g/mol. The summed E-state index contributed by atoms with van der Waals surface area (Å²) in [6, 6.07) is 23.9. The zero-order chi connectivity index (χ0) is 25.1. The number of fused-ring (bicyclic) bond motifs is 1. The molecule has 36 heavy (non-hydrogen) atoms. The van der Waals surface area contributed by atoms with Crippen LogP contribution in [0.1, 0.15) is 21.9 Å². The number of para-hydroxylation sites is 1. The van der Waals surface area contributed by atoms with Crippen molar-refractivity contribution < 1.29 is 19.0 Å². The van der Waals surface area contributed by atoms with Crippen molar-refractivity contribution in [1.29, 1.82) is 0 Å². The molecule has 184 valence electrons. The van der Waals surface area contributed by atoms with Crippen LogP contribution in [-0.4, -0.2) is 42.8 Å². The van der Waals surface area contributed by atoms with Crippen LogP contribution in [0.15, 0.2) is 72.8 Å². The second kappa shape index (κ2) is 10.5. The molecule has 0 spiro atoms. The van der Waals surface area contributed by atoms with Gasteiger partial charge in [0.05, 0.1) is 43.2 Å². The number of thioether (sulfide) groups is 1. The number of nitrogens with one attached hydrogen (secondary N) is 1. The van der Waals surface area contributed by atoms with Crippen molar-refractivity contribution in [2.45, 2.75) is 11.9 Å². The fourth-order valence-corrected chi connectivity index (χ4v) is 5.63. The van der Waals surface area contributed by atoms with E-state index in [-0.39, 0.29) is 11.2 Å². The van der Waals surface area contributed by atoms with Crippen LogP contribution in [0.2, 0.25) is 0 Å². The van der Waals surface area contributed by atoms with Gasteiger partial charge in [0.2, 0.25) is 5.91 Å². The Morgan fingerprint density at radius 1 is 1.00 bits per heavy atom. The molecular formula is C28H27N3O4S. The van der Waals surface area contributed by atoms with E-state index < -0.39 is 0 Å². The molecule has 1 unspecified atom stereocenters. The molecule has 1 aromatic heterocycles. The highest BCUT2D eigenvalue weighted by Crippen LogP contribution is 2.48. The van der Waals surface area contributed by atoms with Crippen LogP contribution < -0.4 is 14.8 Å². The Morgan fingerprint density at radius 3 is 2.39 bits per heavy atom. The summed E-state index contributed by atoms with van der Waals surface area (Å²) in [5, 5.41) is 7.97. The lowest BCUT2D eigenvalue weighted by molar-refractivity contribution is -0.113. The molecule has 7 nitrogen and oxygen atoms in total. The van der Waals surface area contributed by atoms with Gasteiger partial charge in [0.15, 0.2) is 11.5 Å². The zero-order valence-electron chi connectivity index (χ0n) is 20.4. The molecule has 4 aromatic rings. The second-order valence-corrected chi connectivity index (χ2v) is 9.41. The van der Waals surface area contributed by atoms with Gasteiger partial charge in [0.25, 0.3) is 0 Å². The summed E-state index contributed by atoms with van der Waals surface area (Å²) >= 11 is 1.56. The maximum absolute atomic E-state index is 12.9. The van der Waals surface area contributed by atoms with E-state index in [0.717, 1.165) is 33.6 Å². The third-order valence-corrected chi connectivity index (χ3v) is 7.32. The normalized spacial score (nSPS) is 15.1. The molecule has 2 heterocycles. The first-order valence-corrected chi connectivity index (χ1v) is 12.6.